The third-order valence-corrected chi connectivity index (χ3v) is 11.6. The molecule has 0 atom stereocenters. The molecule has 12 rings (SSSR count). The first kappa shape index (κ1) is 33.2. The Bertz CT molecular complexity index is 3490. The maximum atomic E-state index is 5.34. The van der Waals surface area contributed by atoms with Gasteiger partial charge in [-0.15, -0.1) is 0 Å². The number of imidazole rings is 1. The summed E-state index contributed by atoms with van der Waals surface area (Å²) in [6.07, 6.45) is 0. The molecule has 5 heteroatoms. The number of hydrogen-bond donors (Lipinski definition) is 0. The Hall–Kier alpha value is -8.02. The average Bonchev–Trinajstić information content (AvgIpc) is 3.70. The summed E-state index contributed by atoms with van der Waals surface area (Å²) in [6.45, 7) is 0. The van der Waals surface area contributed by atoms with Gasteiger partial charge in [-0.25, -0.2) is 19.9 Å². The van der Waals surface area contributed by atoms with Gasteiger partial charge in [0.15, 0.2) is 17.5 Å². The van der Waals surface area contributed by atoms with Crippen LogP contribution in [-0.4, -0.2) is 24.5 Å². The third kappa shape index (κ3) is 5.47. The molecule has 5 nitrogen and oxygen atoms in total. The predicted octanol–water partition coefficient (Wildman–Crippen LogP) is 13.6. The molecule has 0 amide bonds. The highest BCUT2D eigenvalue weighted by Gasteiger charge is 2.20. The van der Waals surface area contributed by atoms with Crippen LogP contribution in [0.4, 0.5) is 0 Å². The van der Waals surface area contributed by atoms with Gasteiger partial charge in [-0.1, -0.05) is 146 Å². The van der Waals surface area contributed by atoms with E-state index in [9.17, 15) is 0 Å². The molecule has 0 N–H and O–H groups in total. The smallest absolute Gasteiger partial charge is 0.164 e. The molecule has 2 aromatic heterocycles. The Morgan fingerprint density at radius 2 is 0.780 bits per heavy atom. The van der Waals surface area contributed by atoms with Gasteiger partial charge in [0.1, 0.15) is 5.82 Å². The molecule has 2 heterocycles. The second-order valence-electron chi connectivity index (χ2n) is 15.1. The first-order valence-electron chi connectivity index (χ1n) is 19.9. The Morgan fingerprint density at radius 1 is 0.305 bits per heavy atom. The number of nitrogens with zero attached hydrogens (tertiary/aromatic N) is 5. The molecule has 0 saturated heterocycles. The van der Waals surface area contributed by atoms with E-state index in [-0.39, 0.29) is 0 Å². The Labute approximate surface area is 339 Å². The summed E-state index contributed by atoms with van der Waals surface area (Å²) in [5.74, 6) is 2.76. The predicted molar refractivity (Wildman–Crippen MR) is 244 cm³/mol. The first-order valence-corrected chi connectivity index (χ1v) is 19.9. The molecule has 0 aliphatic rings. The van der Waals surface area contributed by atoms with Crippen molar-refractivity contribution in [2.45, 2.75) is 0 Å². The molecule has 0 aliphatic carbocycles. The minimum atomic E-state index is 0.608. The van der Waals surface area contributed by atoms with Crippen LogP contribution in [0, 0.1) is 0 Å². The summed E-state index contributed by atoms with van der Waals surface area (Å²) in [4.78, 5) is 21.1. The van der Waals surface area contributed by atoms with E-state index >= 15 is 0 Å². The molecule has 12 aromatic rings. The second-order valence-corrected chi connectivity index (χ2v) is 15.1. The lowest BCUT2D eigenvalue weighted by Crippen LogP contribution is -2.02. The van der Waals surface area contributed by atoms with E-state index in [4.69, 9.17) is 19.9 Å². The van der Waals surface area contributed by atoms with Crippen molar-refractivity contribution in [3.05, 3.63) is 200 Å². The van der Waals surface area contributed by atoms with Crippen LogP contribution in [0.5, 0.6) is 0 Å². The summed E-state index contributed by atoms with van der Waals surface area (Å²) in [5.41, 5.74) is 6.87. The fourth-order valence-electron chi connectivity index (χ4n) is 8.79. The fraction of sp³-hybridized carbons (Fsp3) is 0. The van der Waals surface area contributed by atoms with Gasteiger partial charge in [0.2, 0.25) is 0 Å². The summed E-state index contributed by atoms with van der Waals surface area (Å²) < 4.78 is 2.25. The molecule has 59 heavy (non-hydrogen) atoms. The maximum Gasteiger partial charge on any atom is 0.164 e. The van der Waals surface area contributed by atoms with Gasteiger partial charge in [0.25, 0.3) is 0 Å². The van der Waals surface area contributed by atoms with Crippen molar-refractivity contribution in [2.24, 2.45) is 0 Å². The molecule has 10 aromatic carbocycles. The summed E-state index contributed by atoms with van der Waals surface area (Å²) in [5, 5.41) is 11.6. The molecule has 0 unspecified atom stereocenters. The lowest BCUT2D eigenvalue weighted by Gasteiger charge is -2.14. The Balaban J connectivity index is 1.07. The number of benzene rings is 10. The zero-order chi connectivity index (χ0) is 38.9. The standard InChI is InChI=1S/C54H33N5/c1-2-14-36-31-39(26-25-34(36)13-1)54-55-49-23-11-12-24-50(49)59(54)40-29-27-35(28-30-40)51-56-52(47-32-37-15-3-5-17-41(37)43-19-7-9-21-45(43)47)58-53(57-51)48-33-38-16-4-6-18-42(38)44-20-8-10-22-46(44)48/h1-33H. The average molecular weight is 752 g/mol. The number of aromatic nitrogens is 5. The minimum absolute atomic E-state index is 0.608. The SMILES string of the molecule is c1ccc2cc(-c3nc4ccccc4n3-c3ccc(-c4nc(-c5cc6ccccc6c6ccccc56)nc(-c5cc6ccccc6c6ccccc56)n4)cc3)ccc2c1. The van der Waals surface area contributed by atoms with E-state index < -0.39 is 0 Å². The number of para-hydroxylation sites is 2. The Morgan fingerprint density at radius 3 is 1.41 bits per heavy atom. The molecule has 0 bridgehead atoms. The second kappa shape index (κ2) is 13.3. The van der Waals surface area contributed by atoms with E-state index in [1.165, 1.54) is 32.3 Å². The highest BCUT2D eigenvalue weighted by atomic mass is 15.1. The van der Waals surface area contributed by atoms with Crippen LogP contribution in [-0.2, 0) is 0 Å². The van der Waals surface area contributed by atoms with Crippen LogP contribution < -0.4 is 0 Å². The maximum absolute atomic E-state index is 5.34. The van der Waals surface area contributed by atoms with Crippen LogP contribution in [0.3, 0.4) is 0 Å². The number of fused-ring (bicyclic) bond motifs is 8. The molecule has 274 valence electrons. The van der Waals surface area contributed by atoms with E-state index in [1.54, 1.807) is 0 Å². The Kier molecular flexibility index (Phi) is 7.47. The molecule has 0 spiro atoms. The zero-order valence-electron chi connectivity index (χ0n) is 31.8. The number of hydrogen-bond acceptors (Lipinski definition) is 4. The topological polar surface area (TPSA) is 56.5 Å². The van der Waals surface area contributed by atoms with Crippen molar-refractivity contribution in [3.8, 4) is 51.2 Å². The quantitative estimate of drug-likeness (QED) is 0.164. The van der Waals surface area contributed by atoms with Gasteiger partial charge < -0.3 is 0 Å². The minimum Gasteiger partial charge on any atom is -0.292 e. The van der Waals surface area contributed by atoms with Gasteiger partial charge in [0, 0.05) is 27.9 Å². The molecule has 0 saturated carbocycles. The van der Waals surface area contributed by atoms with Crippen molar-refractivity contribution < 1.29 is 0 Å². The van der Waals surface area contributed by atoms with Crippen LogP contribution in [0.15, 0.2) is 200 Å². The van der Waals surface area contributed by atoms with Gasteiger partial charge in [-0.2, -0.15) is 0 Å². The molecular formula is C54H33N5. The van der Waals surface area contributed by atoms with Crippen molar-refractivity contribution in [1.82, 2.24) is 24.5 Å². The zero-order valence-corrected chi connectivity index (χ0v) is 31.8. The van der Waals surface area contributed by atoms with Crippen LogP contribution in [0.1, 0.15) is 0 Å². The van der Waals surface area contributed by atoms with Crippen molar-refractivity contribution in [3.63, 3.8) is 0 Å². The van der Waals surface area contributed by atoms with Crippen LogP contribution >= 0.6 is 0 Å². The van der Waals surface area contributed by atoms with Crippen LogP contribution in [0.2, 0.25) is 0 Å². The van der Waals surface area contributed by atoms with E-state index in [0.29, 0.717) is 17.5 Å². The normalized spacial score (nSPS) is 11.7. The first-order chi connectivity index (χ1) is 29.2. The summed E-state index contributed by atoms with van der Waals surface area (Å²) in [7, 11) is 0. The molecular weight excluding hydrogens is 719 g/mol. The molecule has 0 fully saturated rings. The van der Waals surface area contributed by atoms with Gasteiger partial charge in [0.05, 0.1) is 11.0 Å². The monoisotopic (exact) mass is 751 g/mol. The highest BCUT2D eigenvalue weighted by Crippen LogP contribution is 2.38. The van der Waals surface area contributed by atoms with Crippen LogP contribution in [0.25, 0.3) is 116 Å². The fourth-order valence-corrected chi connectivity index (χ4v) is 8.79. The molecule has 0 aliphatic heterocycles. The summed E-state index contributed by atoms with van der Waals surface area (Å²) in [6, 6.07) is 70.4. The largest absolute Gasteiger partial charge is 0.292 e. The van der Waals surface area contributed by atoms with E-state index in [1.807, 2.05) is 6.07 Å². The van der Waals surface area contributed by atoms with Crippen molar-refractivity contribution >= 4 is 64.9 Å². The van der Waals surface area contributed by atoms with E-state index in [0.717, 1.165) is 66.3 Å². The lowest BCUT2D eigenvalue weighted by atomic mass is 9.96. The van der Waals surface area contributed by atoms with Crippen molar-refractivity contribution in [2.75, 3.05) is 0 Å². The highest BCUT2D eigenvalue weighted by molar-refractivity contribution is 6.15. The third-order valence-electron chi connectivity index (χ3n) is 11.6. The molecule has 0 radical (unpaired) electrons. The lowest BCUT2D eigenvalue weighted by molar-refractivity contribution is 1.07. The van der Waals surface area contributed by atoms with E-state index in [2.05, 4.69) is 199 Å². The van der Waals surface area contributed by atoms with Gasteiger partial charge >= 0.3 is 0 Å². The van der Waals surface area contributed by atoms with Gasteiger partial charge in [-0.3, -0.25) is 4.57 Å². The number of rotatable bonds is 5. The van der Waals surface area contributed by atoms with Gasteiger partial charge in [-0.05, 0) is 108 Å². The van der Waals surface area contributed by atoms with Crippen molar-refractivity contribution in [1.29, 1.82) is 0 Å². The summed E-state index contributed by atoms with van der Waals surface area (Å²) >= 11 is 0.